The number of hydrogen-bond donors (Lipinski definition) is 1. The van der Waals surface area contributed by atoms with Crippen molar-refractivity contribution in [2.75, 3.05) is 17.1 Å². The second kappa shape index (κ2) is 8.13. The molecule has 1 aromatic carbocycles. The first-order valence-corrected chi connectivity index (χ1v) is 8.73. The summed E-state index contributed by atoms with van der Waals surface area (Å²) < 4.78 is 39.0. The molecule has 0 unspecified atom stereocenters. The van der Waals surface area contributed by atoms with Crippen LogP contribution in [0, 0.1) is 11.3 Å². The third-order valence-corrected chi connectivity index (χ3v) is 3.96. The summed E-state index contributed by atoms with van der Waals surface area (Å²) in [5.41, 5.74) is 4.38. The van der Waals surface area contributed by atoms with Crippen LogP contribution < -0.4 is 15.6 Å². The van der Waals surface area contributed by atoms with Gasteiger partial charge < -0.3 is 10.6 Å². The molecule has 2 N–H and O–H groups in total. The number of anilines is 2. The molecule has 1 amide bonds. The Balaban J connectivity index is 2.54. The van der Waals surface area contributed by atoms with Crippen LogP contribution in [0.15, 0.2) is 29.3 Å². The lowest BCUT2D eigenvalue weighted by Crippen LogP contribution is -2.34. The summed E-state index contributed by atoms with van der Waals surface area (Å²) in [7, 11) is 0. The number of nitrogen functional groups attached to an aromatic ring is 1. The van der Waals surface area contributed by atoms with Crippen LogP contribution in [0.3, 0.4) is 0 Å². The number of halogens is 3. The second-order valence-corrected chi connectivity index (χ2v) is 5.86. The summed E-state index contributed by atoms with van der Waals surface area (Å²) in [5, 5.41) is 10.2. The molecule has 2 aromatic rings. The van der Waals surface area contributed by atoms with E-state index in [-0.39, 0.29) is 34.5 Å². The monoisotopic (exact) mass is 397 g/mol. The van der Waals surface area contributed by atoms with Gasteiger partial charge in [-0.25, -0.2) is 4.98 Å². The van der Waals surface area contributed by atoms with E-state index < -0.39 is 17.6 Å². The molecule has 0 saturated carbocycles. The highest BCUT2D eigenvalue weighted by Gasteiger charge is 2.32. The predicted molar refractivity (Wildman–Crippen MR) is 92.8 cm³/mol. The van der Waals surface area contributed by atoms with E-state index in [0.29, 0.717) is 5.06 Å². The number of alkyl halides is 3. The minimum Gasteiger partial charge on any atom is -0.368 e. The number of carbonyl (C=O) groups is 1. The van der Waals surface area contributed by atoms with Crippen molar-refractivity contribution in [3.8, 4) is 11.9 Å². The fourth-order valence-electron chi connectivity index (χ4n) is 2.03. The van der Waals surface area contributed by atoms with Crippen LogP contribution in [0.5, 0.6) is 5.88 Å². The first kappa shape index (κ1) is 20.3. The van der Waals surface area contributed by atoms with Gasteiger partial charge in [-0.2, -0.15) is 23.4 Å². The van der Waals surface area contributed by atoms with Crippen LogP contribution in [-0.4, -0.2) is 22.1 Å². The number of nitrogens with zero attached hydrogens (tertiary/aromatic N) is 4. The van der Waals surface area contributed by atoms with Crippen LogP contribution >= 0.6 is 11.8 Å². The number of rotatable bonds is 5. The fourth-order valence-corrected chi connectivity index (χ4v) is 2.55. The van der Waals surface area contributed by atoms with Gasteiger partial charge >= 0.3 is 6.18 Å². The minimum absolute atomic E-state index is 0.0614. The van der Waals surface area contributed by atoms with Gasteiger partial charge in [-0.3, -0.25) is 4.79 Å². The molecular formula is C16H14F3N5O2S. The van der Waals surface area contributed by atoms with Crippen LogP contribution in [-0.2, 0) is 11.0 Å². The van der Waals surface area contributed by atoms with Crippen molar-refractivity contribution in [2.45, 2.75) is 24.5 Å². The molecule has 0 bridgehead atoms. The van der Waals surface area contributed by atoms with Crippen LogP contribution in [0.2, 0.25) is 0 Å². The van der Waals surface area contributed by atoms with Crippen molar-refractivity contribution < 1.29 is 22.8 Å². The summed E-state index contributed by atoms with van der Waals surface area (Å²) in [6.07, 6.45) is -3.01. The molecule has 0 aliphatic rings. The lowest BCUT2D eigenvalue weighted by molar-refractivity contribution is -0.137. The van der Waals surface area contributed by atoms with E-state index in [1.165, 1.54) is 13.0 Å². The van der Waals surface area contributed by atoms with E-state index >= 15 is 0 Å². The largest absolute Gasteiger partial charge is 0.416 e. The number of hydrogen-bond acceptors (Lipinski definition) is 7. The van der Waals surface area contributed by atoms with Gasteiger partial charge in [-0.15, -0.1) is 16.8 Å². The van der Waals surface area contributed by atoms with E-state index in [2.05, 4.69) is 9.97 Å². The molecule has 0 spiro atoms. The Kier molecular flexibility index (Phi) is 6.12. The Labute approximate surface area is 156 Å². The van der Waals surface area contributed by atoms with Gasteiger partial charge in [0.25, 0.3) is 11.8 Å². The van der Waals surface area contributed by atoms with Gasteiger partial charge in [0.1, 0.15) is 16.7 Å². The van der Waals surface area contributed by atoms with Gasteiger partial charge in [0.15, 0.2) is 0 Å². The number of amides is 1. The molecule has 0 fully saturated rings. The number of benzene rings is 1. The van der Waals surface area contributed by atoms with Crippen molar-refractivity contribution in [1.82, 2.24) is 9.97 Å². The van der Waals surface area contributed by atoms with Crippen LogP contribution in [0.25, 0.3) is 0 Å². The Bertz CT molecular complexity index is 899. The smallest absolute Gasteiger partial charge is 0.368 e. The average molecular weight is 397 g/mol. The number of nitrogens with two attached hydrogens (primary N) is 1. The molecule has 2 rings (SSSR count). The van der Waals surface area contributed by atoms with Crippen LogP contribution in [0.4, 0.5) is 24.8 Å². The zero-order valence-corrected chi connectivity index (χ0v) is 15.1. The van der Waals surface area contributed by atoms with Crippen molar-refractivity contribution in [1.29, 1.82) is 5.26 Å². The van der Waals surface area contributed by atoms with Gasteiger partial charge in [-0.1, -0.05) is 13.0 Å². The fraction of sp³-hybridized carbons (Fsp3) is 0.250. The first-order chi connectivity index (χ1) is 12.7. The number of hydroxylamine groups is 1. The van der Waals surface area contributed by atoms with Crippen molar-refractivity contribution in [3.63, 3.8) is 0 Å². The lowest BCUT2D eigenvalue weighted by Gasteiger charge is -2.23. The quantitative estimate of drug-likeness (QED) is 0.468. The Morgan fingerprint density at radius 3 is 2.67 bits per heavy atom. The standard InChI is InChI=1S/C16H14F3N5O2S/c1-3-12(25)24(10-6-4-5-9(7-10)16(17,18)19)26-13-11(8-20)14(27-2)23-15(21)22-13/h4-7H,3H2,1-2H3,(H2,21,22,23). The van der Waals surface area contributed by atoms with E-state index in [4.69, 9.17) is 10.6 Å². The Morgan fingerprint density at radius 1 is 1.41 bits per heavy atom. The lowest BCUT2D eigenvalue weighted by atomic mass is 10.2. The number of thioether (sulfide) groups is 1. The highest BCUT2D eigenvalue weighted by Crippen LogP contribution is 2.33. The van der Waals surface area contributed by atoms with Gasteiger partial charge in [-0.05, 0) is 24.5 Å². The van der Waals surface area contributed by atoms with E-state index in [1.54, 1.807) is 6.26 Å². The van der Waals surface area contributed by atoms with E-state index in [1.807, 2.05) is 6.07 Å². The van der Waals surface area contributed by atoms with Crippen LogP contribution in [0.1, 0.15) is 24.5 Å². The SMILES string of the molecule is CCC(=O)N(Oc1nc(N)nc(SC)c1C#N)c1cccc(C(F)(F)F)c1. The third kappa shape index (κ3) is 4.59. The molecule has 0 radical (unpaired) electrons. The molecule has 27 heavy (non-hydrogen) atoms. The first-order valence-electron chi connectivity index (χ1n) is 7.51. The van der Waals surface area contributed by atoms with Gasteiger partial charge in [0, 0.05) is 6.42 Å². The van der Waals surface area contributed by atoms with E-state index in [0.717, 1.165) is 30.0 Å². The van der Waals surface area contributed by atoms with Crippen molar-refractivity contribution in [3.05, 3.63) is 35.4 Å². The normalized spacial score (nSPS) is 11.0. The molecule has 1 aromatic heterocycles. The Morgan fingerprint density at radius 2 is 2.11 bits per heavy atom. The molecule has 0 saturated heterocycles. The number of aromatic nitrogens is 2. The summed E-state index contributed by atoms with van der Waals surface area (Å²) >= 11 is 1.11. The Hall–Kier alpha value is -3.00. The molecule has 142 valence electrons. The highest BCUT2D eigenvalue weighted by molar-refractivity contribution is 7.98. The predicted octanol–water partition coefficient (Wildman–Crippen LogP) is 3.41. The van der Waals surface area contributed by atoms with Crippen molar-refractivity contribution >= 4 is 29.3 Å². The number of carbonyl (C=O) groups excluding carboxylic acids is 1. The van der Waals surface area contributed by atoms with E-state index in [9.17, 15) is 23.2 Å². The maximum atomic E-state index is 13.0. The maximum Gasteiger partial charge on any atom is 0.416 e. The molecule has 1 heterocycles. The molecule has 0 aliphatic heterocycles. The van der Waals surface area contributed by atoms with Gasteiger partial charge in [0.2, 0.25) is 5.95 Å². The zero-order valence-electron chi connectivity index (χ0n) is 14.2. The topological polar surface area (TPSA) is 105 Å². The summed E-state index contributed by atoms with van der Waals surface area (Å²) in [6.45, 7) is 1.51. The molecule has 7 nitrogen and oxygen atoms in total. The third-order valence-electron chi connectivity index (χ3n) is 3.28. The van der Waals surface area contributed by atoms with Gasteiger partial charge in [0.05, 0.1) is 11.3 Å². The molecule has 0 atom stereocenters. The second-order valence-electron chi connectivity index (χ2n) is 5.06. The summed E-state index contributed by atoms with van der Waals surface area (Å²) in [6, 6.07) is 5.90. The average Bonchev–Trinajstić information content (AvgIpc) is 2.64. The minimum atomic E-state index is -4.60. The maximum absolute atomic E-state index is 13.0. The molecule has 0 aliphatic carbocycles. The zero-order chi connectivity index (χ0) is 20.2. The molecule has 11 heteroatoms. The highest BCUT2D eigenvalue weighted by atomic mass is 32.2. The molecular weight excluding hydrogens is 383 g/mol. The summed E-state index contributed by atoms with van der Waals surface area (Å²) in [5.74, 6) is -1.17. The van der Waals surface area contributed by atoms with Crippen molar-refractivity contribution in [2.24, 2.45) is 0 Å². The number of nitriles is 1. The summed E-state index contributed by atoms with van der Waals surface area (Å²) in [4.78, 5) is 25.4.